The number of aromatic nitrogens is 1. The number of amides is 1. The summed E-state index contributed by atoms with van der Waals surface area (Å²) in [5.74, 6) is 0.249. The molecule has 0 saturated heterocycles. The van der Waals surface area contributed by atoms with Crippen LogP contribution in [0, 0.1) is 0 Å². The first-order valence-corrected chi connectivity index (χ1v) is 13.0. The third-order valence-electron chi connectivity index (χ3n) is 5.54. The van der Waals surface area contributed by atoms with Gasteiger partial charge in [0.1, 0.15) is 0 Å². The molecule has 162 valence electrons. The molecule has 3 aromatic rings. The Morgan fingerprint density at radius 1 is 1.29 bits per heavy atom. The highest BCUT2D eigenvalue weighted by molar-refractivity contribution is 7.99. The van der Waals surface area contributed by atoms with Crippen LogP contribution in [0.15, 0.2) is 53.4 Å². The van der Waals surface area contributed by atoms with Gasteiger partial charge in [0.15, 0.2) is 5.13 Å². The third-order valence-corrected chi connectivity index (χ3v) is 8.63. The normalized spacial score (nSPS) is 17.5. The highest BCUT2D eigenvalue weighted by Gasteiger charge is 2.25. The SMILES string of the molecule is CC=S(N)(=O)c1ccc(CC(=O)Nc2nc3c(s2)CC(c2ccccc2Cl)CC3)cc1. The maximum absolute atomic E-state index is 12.5. The van der Waals surface area contributed by atoms with Gasteiger partial charge in [0.05, 0.1) is 21.8 Å². The number of thiazole rings is 1. The molecule has 1 aromatic heterocycles. The monoisotopic (exact) mass is 473 g/mol. The smallest absolute Gasteiger partial charge is 0.230 e. The number of benzene rings is 2. The summed E-state index contributed by atoms with van der Waals surface area (Å²) in [6.45, 7) is 1.67. The van der Waals surface area contributed by atoms with Crippen LogP contribution in [0.2, 0.25) is 5.02 Å². The number of hydrogen-bond acceptors (Lipinski definition) is 4. The van der Waals surface area contributed by atoms with Crippen LogP contribution in [-0.2, 0) is 33.8 Å². The van der Waals surface area contributed by atoms with E-state index in [0.717, 1.165) is 35.5 Å². The average molecular weight is 474 g/mol. The second-order valence-electron chi connectivity index (χ2n) is 7.60. The highest BCUT2D eigenvalue weighted by atomic mass is 35.5. The van der Waals surface area contributed by atoms with Gasteiger partial charge in [0.2, 0.25) is 5.91 Å². The Hall–Kier alpha value is -2.19. The molecule has 31 heavy (non-hydrogen) atoms. The molecule has 0 saturated carbocycles. The zero-order valence-corrected chi connectivity index (χ0v) is 19.5. The first kappa shape index (κ1) is 22.0. The minimum Gasteiger partial charge on any atom is -0.302 e. The summed E-state index contributed by atoms with van der Waals surface area (Å²) >= 11 is 7.93. The molecule has 1 heterocycles. The topological polar surface area (TPSA) is 85.1 Å². The summed E-state index contributed by atoms with van der Waals surface area (Å²) in [4.78, 5) is 18.9. The number of anilines is 1. The fraction of sp³-hybridized carbons (Fsp3) is 0.261. The number of aryl methyl sites for hydroxylation is 1. The molecule has 4 rings (SSSR count). The lowest BCUT2D eigenvalue weighted by atomic mass is 9.85. The summed E-state index contributed by atoms with van der Waals surface area (Å²) in [5, 5.41) is 11.6. The van der Waals surface area contributed by atoms with Crippen LogP contribution in [-0.4, -0.2) is 20.5 Å². The van der Waals surface area contributed by atoms with Gasteiger partial charge in [0, 0.05) is 14.8 Å². The van der Waals surface area contributed by atoms with Gasteiger partial charge < -0.3 is 5.32 Å². The molecular weight excluding hydrogens is 450 g/mol. The van der Waals surface area contributed by atoms with Crippen LogP contribution < -0.4 is 10.5 Å². The minimum absolute atomic E-state index is 0.128. The molecule has 1 aliphatic rings. The van der Waals surface area contributed by atoms with Crippen LogP contribution in [0.25, 0.3) is 0 Å². The van der Waals surface area contributed by atoms with Gasteiger partial charge in [-0.15, -0.1) is 11.3 Å². The van der Waals surface area contributed by atoms with Crippen LogP contribution in [0.3, 0.4) is 0 Å². The summed E-state index contributed by atoms with van der Waals surface area (Å²) in [6, 6.07) is 15.0. The van der Waals surface area contributed by atoms with Crippen molar-refractivity contribution in [2.24, 2.45) is 5.14 Å². The average Bonchev–Trinajstić information content (AvgIpc) is 3.15. The van der Waals surface area contributed by atoms with E-state index < -0.39 is 9.71 Å². The first-order chi connectivity index (χ1) is 14.9. The van der Waals surface area contributed by atoms with Gasteiger partial charge in [-0.2, -0.15) is 0 Å². The molecule has 8 heteroatoms. The van der Waals surface area contributed by atoms with Gasteiger partial charge in [-0.1, -0.05) is 41.9 Å². The molecule has 0 bridgehead atoms. The molecule has 1 aliphatic carbocycles. The molecule has 5 nitrogen and oxygen atoms in total. The number of nitrogens with one attached hydrogen (secondary N) is 1. The summed E-state index contributed by atoms with van der Waals surface area (Å²) in [7, 11) is -2.61. The van der Waals surface area contributed by atoms with E-state index >= 15 is 0 Å². The van der Waals surface area contributed by atoms with Crippen LogP contribution in [0.5, 0.6) is 0 Å². The van der Waals surface area contributed by atoms with Gasteiger partial charge in [-0.05, 0) is 66.8 Å². The maximum atomic E-state index is 12.5. The van der Waals surface area contributed by atoms with Gasteiger partial charge in [-0.3, -0.25) is 9.93 Å². The summed E-state index contributed by atoms with van der Waals surface area (Å²) < 4.78 is 12.2. The lowest BCUT2D eigenvalue weighted by molar-refractivity contribution is -0.115. The molecule has 2 atom stereocenters. The molecule has 1 amide bonds. The molecule has 0 fully saturated rings. The molecule has 2 unspecified atom stereocenters. The van der Waals surface area contributed by atoms with Crippen LogP contribution >= 0.6 is 22.9 Å². The minimum atomic E-state index is -2.61. The van der Waals surface area contributed by atoms with Crippen molar-refractivity contribution in [2.45, 2.75) is 43.4 Å². The van der Waals surface area contributed by atoms with E-state index in [0.29, 0.717) is 15.9 Å². The van der Waals surface area contributed by atoms with E-state index in [1.165, 1.54) is 15.8 Å². The second-order valence-corrected chi connectivity index (χ2v) is 11.3. The number of fused-ring (bicyclic) bond motifs is 1. The van der Waals surface area contributed by atoms with Crippen LogP contribution in [0.1, 0.15) is 41.0 Å². The van der Waals surface area contributed by atoms with Crippen molar-refractivity contribution in [3.8, 4) is 0 Å². The Labute approximate surface area is 191 Å². The summed E-state index contributed by atoms with van der Waals surface area (Å²) in [5.41, 5.74) is 3.08. The number of carbonyl (C=O) groups is 1. The summed E-state index contributed by atoms with van der Waals surface area (Å²) in [6.07, 6.45) is 2.99. The van der Waals surface area contributed by atoms with E-state index in [-0.39, 0.29) is 12.3 Å². The van der Waals surface area contributed by atoms with E-state index in [4.69, 9.17) is 16.7 Å². The Kier molecular flexibility index (Phi) is 6.48. The Bertz CT molecular complexity index is 1230. The molecule has 0 spiro atoms. The second kappa shape index (κ2) is 9.12. The van der Waals surface area contributed by atoms with Crippen molar-refractivity contribution in [2.75, 3.05) is 5.32 Å². The zero-order chi connectivity index (χ0) is 22.0. The Morgan fingerprint density at radius 2 is 2.03 bits per heavy atom. The van der Waals surface area contributed by atoms with Crippen molar-refractivity contribution < 1.29 is 9.00 Å². The van der Waals surface area contributed by atoms with Gasteiger partial charge in [-0.25, -0.2) is 9.19 Å². The van der Waals surface area contributed by atoms with Crippen molar-refractivity contribution >= 4 is 49.1 Å². The number of rotatable bonds is 5. The van der Waals surface area contributed by atoms with Crippen molar-refractivity contribution in [3.05, 3.63) is 75.3 Å². The largest absolute Gasteiger partial charge is 0.302 e. The van der Waals surface area contributed by atoms with Crippen molar-refractivity contribution in [3.63, 3.8) is 0 Å². The molecule has 2 aromatic carbocycles. The Morgan fingerprint density at radius 3 is 2.74 bits per heavy atom. The number of carbonyl (C=O) groups excluding carboxylic acids is 1. The van der Waals surface area contributed by atoms with Crippen molar-refractivity contribution in [1.29, 1.82) is 0 Å². The molecule has 3 N–H and O–H groups in total. The quantitative estimate of drug-likeness (QED) is 0.531. The lowest BCUT2D eigenvalue weighted by Crippen LogP contribution is -2.16. The third kappa shape index (κ3) is 5.01. The van der Waals surface area contributed by atoms with E-state index in [1.54, 1.807) is 42.5 Å². The van der Waals surface area contributed by atoms with Gasteiger partial charge >= 0.3 is 0 Å². The van der Waals surface area contributed by atoms with Gasteiger partial charge in [0.25, 0.3) is 0 Å². The van der Waals surface area contributed by atoms with E-state index in [1.807, 2.05) is 18.2 Å². The number of nitrogens with zero attached hydrogens (tertiary/aromatic N) is 1. The number of hydrogen-bond donors (Lipinski definition) is 2. The number of halogens is 1. The fourth-order valence-electron chi connectivity index (χ4n) is 3.80. The lowest BCUT2D eigenvalue weighted by Gasteiger charge is -2.22. The predicted molar refractivity (Wildman–Crippen MR) is 129 cm³/mol. The predicted octanol–water partition coefficient (Wildman–Crippen LogP) is 4.59. The standard InChI is InChI=1S/C23H24ClN3O2S2/c1-2-31(25,29)17-10-7-15(8-11-17)13-22(28)27-23-26-20-12-9-16(14-21(20)30-23)18-5-3-4-6-19(18)24/h2-8,10-11,16H,9,12-14H2,1H3,(H2,25,29)(H,26,27,28). The molecular formula is C23H24ClN3O2S2. The molecule has 0 aliphatic heterocycles. The highest BCUT2D eigenvalue weighted by Crippen LogP contribution is 2.39. The van der Waals surface area contributed by atoms with Crippen LogP contribution in [0.4, 0.5) is 5.13 Å². The first-order valence-electron chi connectivity index (χ1n) is 10.1. The number of nitrogens with two attached hydrogens (primary N) is 1. The van der Waals surface area contributed by atoms with E-state index in [2.05, 4.69) is 16.4 Å². The zero-order valence-electron chi connectivity index (χ0n) is 17.1. The van der Waals surface area contributed by atoms with E-state index in [9.17, 15) is 9.00 Å². The maximum Gasteiger partial charge on any atom is 0.230 e. The molecule has 0 radical (unpaired) electrons. The Balaban J connectivity index is 1.41. The fourth-order valence-corrected chi connectivity index (χ4v) is 6.03. The van der Waals surface area contributed by atoms with Crippen molar-refractivity contribution in [1.82, 2.24) is 4.98 Å².